The summed E-state index contributed by atoms with van der Waals surface area (Å²) in [6.07, 6.45) is 4.76. The molecule has 0 radical (unpaired) electrons. The average molecular weight is 431 g/mol. The van der Waals surface area contributed by atoms with Crippen LogP contribution in [-0.2, 0) is 28.7 Å². The van der Waals surface area contributed by atoms with Crippen LogP contribution in [0.5, 0.6) is 0 Å². The molecule has 0 aromatic heterocycles. The van der Waals surface area contributed by atoms with Crippen molar-refractivity contribution in [2.75, 3.05) is 14.2 Å². The number of methoxy groups -OCH3 is 1. The molecule has 1 aliphatic rings. The van der Waals surface area contributed by atoms with E-state index in [1.165, 1.54) is 14.2 Å². The summed E-state index contributed by atoms with van der Waals surface area (Å²) in [4.78, 5) is 45.9. The van der Waals surface area contributed by atoms with Crippen molar-refractivity contribution in [3.63, 3.8) is 0 Å². The Kier molecular flexibility index (Phi) is 9.55. The van der Waals surface area contributed by atoms with E-state index in [4.69, 9.17) is 14.3 Å². The molecule has 1 heterocycles. The number of carbonyl (C=O) groups is 3. The SMILES string of the molecule is CCCCCC(CC)OC(=O)C(=Cc1ccccc1)C(OC)C1=NC(=O)C(=O)N1OC. The van der Waals surface area contributed by atoms with Crippen molar-refractivity contribution < 1.29 is 28.7 Å². The summed E-state index contributed by atoms with van der Waals surface area (Å²) < 4.78 is 11.3. The van der Waals surface area contributed by atoms with Crippen LogP contribution in [-0.4, -0.2) is 55.1 Å². The number of unbranched alkanes of at least 4 members (excludes halogenated alkanes) is 2. The zero-order chi connectivity index (χ0) is 22.8. The van der Waals surface area contributed by atoms with Crippen molar-refractivity contribution in [2.24, 2.45) is 4.99 Å². The second-order valence-corrected chi connectivity index (χ2v) is 7.11. The molecule has 1 aromatic carbocycles. The number of hydrogen-bond donors (Lipinski definition) is 0. The smallest absolute Gasteiger partial charge is 0.343 e. The molecule has 1 aromatic rings. The standard InChI is InChI=1S/C23H30N2O6/c1-5-7-9-14-17(6-2)31-23(28)18(15-16-12-10-8-11-13-16)19(29-3)20-24-21(26)22(27)25(20)30-4/h8,10-13,15,17,19H,5-7,9,14H2,1-4H3. The number of carbonyl (C=O) groups excluding carboxylic acids is 3. The summed E-state index contributed by atoms with van der Waals surface area (Å²) in [5.74, 6) is -2.64. The first-order valence-electron chi connectivity index (χ1n) is 10.5. The molecule has 1 aliphatic heterocycles. The number of rotatable bonds is 12. The van der Waals surface area contributed by atoms with Crippen molar-refractivity contribution in [2.45, 2.75) is 58.2 Å². The number of aliphatic imine (C=N–C) groups is 1. The number of amidine groups is 1. The summed E-state index contributed by atoms with van der Waals surface area (Å²) in [6.45, 7) is 4.08. The lowest BCUT2D eigenvalue weighted by Crippen LogP contribution is -2.42. The molecule has 31 heavy (non-hydrogen) atoms. The zero-order valence-electron chi connectivity index (χ0n) is 18.5. The molecule has 2 unspecified atom stereocenters. The maximum atomic E-state index is 13.2. The van der Waals surface area contributed by atoms with Gasteiger partial charge in [-0.25, -0.2) is 4.79 Å². The van der Waals surface area contributed by atoms with Crippen molar-refractivity contribution >= 4 is 29.7 Å². The second kappa shape index (κ2) is 12.1. The van der Waals surface area contributed by atoms with E-state index < -0.39 is 23.9 Å². The van der Waals surface area contributed by atoms with E-state index in [9.17, 15) is 14.4 Å². The molecule has 8 heteroatoms. The van der Waals surface area contributed by atoms with Gasteiger partial charge in [-0.05, 0) is 30.9 Å². The van der Waals surface area contributed by atoms with Crippen LogP contribution in [0.4, 0.5) is 0 Å². The molecule has 8 nitrogen and oxygen atoms in total. The lowest BCUT2D eigenvalue weighted by Gasteiger charge is -2.24. The monoisotopic (exact) mass is 430 g/mol. The fraction of sp³-hybridized carbons (Fsp3) is 0.478. The van der Waals surface area contributed by atoms with Crippen molar-refractivity contribution in [3.05, 3.63) is 41.5 Å². The molecule has 2 amide bonds. The summed E-state index contributed by atoms with van der Waals surface area (Å²) >= 11 is 0. The summed E-state index contributed by atoms with van der Waals surface area (Å²) in [5, 5.41) is 0.737. The van der Waals surface area contributed by atoms with E-state index >= 15 is 0 Å². The Morgan fingerprint density at radius 2 is 1.84 bits per heavy atom. The normalized spacial score (nSPS) is 16.3. The molecule has 0 N–H and O–H groups in total. The highest BCUT2D eigenvalue weighted by Crippen LogP contribution is 2.22. The highest BCUT2D eigenvalue weighted by Gasteiger charge is 2.41. The van der Waals surface area contributed by atoms with E-state index in [2.05, 4.69) is 11.9 Å². The highest BCUT2D eigenvalue weighted by atomic mass is 16.7. The van der Waals surface area contributed by atoms with Gasteiger partial charge in [-0.15, -0.1) is 0 Å². The molecule has 0 saturated carbocycles. The number of ether oxygens (including phenoxy) is 2. The molecular weight excluding hydrogens is 400 g/mol. The minimum Gasteiger partial charge on any atom is -0.459 e. The van der Waals surface area contributed by atoms with Crippen LogP contribution in [0.3, 0.4) is 0 Å². The second-order valence-electron chi connectivity index (χ2n) is 7.11. The van der Waals surface area contributed by atoms with E-state index in [1.807, 2.05) is 37.3 Å². The topological polar surface area (TPSA) is 94.5 Å². The van der Waals surface area contributed by atoms with E-state index in [0.717, 1.165) is 36.3 Å². The summed E-state index contributed by atoms with van der Waals surface area (Å²) in [6, 6.07) is 9.16. The van der Waals surface area contributed by atoms with Crippen LogP contribution in [0, 0.1) is 0 Å². The number of benzene rings is 1. The molecule has 0 aliphatic carbocycles. The molecule has 2 rings (SSSR count). The Bertz CT molecular complexity index is 834. The lowest BCUT2D eigenvalue weighted by atomic mass is 10.0. The summed E-state index contributed by atoms with van der Waals surface area (Å²) in [7, 11) is 2.59. The van der Waals surface area contributed by atoms with E-state index in [1.54, 1.807) is 6.08 Å². The van der Waals surface area contributed by atoms with E-state index in [-0.39, 0.29) is 17.5 Å². The first-order valence-corrected chi connectivity index (χ1v) is 10.5. The van der Waals surface area contributed by atoms with Gasteiger partial charge in [0.15, 0.2) is 5.84 Å². The summed E-state index contributed by atoms with van der Waals surface area (Å²) in [5.41, 5.74) is 0.849. The van der Waals surface area contributed by atoms with Crippen molar-refractivity contribution in [3.8, 4) is 0 Å². The van der Waals surface area contributed by atoms with E-state index in [0.29, 0.717) is 6.42 Å². The fourth-order valence-corrected chi connectivity index (χ4v) is 3.26. The number of hydroxylamine groups is 2. The van der Waals surface area contributed by atoms with Gasteiger partial charge in [0.25, 0.3) is 0 Å². The first-order chi connectivity index (χ1) is 15.0. The van der Waals surface area contributed by atoms with Gasteiger partial charge in [-0.3, -0.25) is 14.4 Å². The predicted octanol–water partition coefficient (Wildman–Crippen LogP) is 3.32. The lowest BCUT2D eigenvalue weighted by molar-refractivity contribution is -0.160. The van der Waals surface area contributed by atoms with Crippen LogP contribution in [0.2, 0.25) is 0 Å². The third-order valence-corrected chi connectivity index (χ3v) is 4.94. The highest BCUT2D eigenvalue weighted by molar-refractivity contribution is 6.44. The minimum absolute atomic E-state index is 0.113. The van der Waals surface area contributed by atoms with Gasteiger partial charge < -0.3 is 9.47 Å². The van der Waals surface area contributed by atoms with Gasteiger partial charge in [0.1, 0.15) is 12.2 Å². The van der Waals surface area contributed by atoms with Crippen LogP contribution in [0.25, 0.3) is 6.08 Å². The fourth-order valence-electron chi connectivity index (χ4n) is 3.26. The molecule has 0 saturated heterocycles. The third kappa shape index (κ3) is 6.32. The largest absolute Gasteiger partial charge is 0.459 e. The minimum atomic E-state index is -1.13. The van der Waals surface area contributed by atoms with Crippen molar-refractivity contribution in [1.82, 2.24) is 5.06 Å². The number of hydrogen-bond acceptors (Lipinski definition) is 6. The van der Waals surface area contributed by atoms with Crippen LogP contribution < -0.4 is 0 Å². The molecular formula is C23H30N2O6. The molecule has 2 atom stereocenters. The Morgan fingerprint density at radius 1 is 1.13 bits per heavy atom. The van der Waals surface area contributed by atoms with Crippen LogP contribution in [0.15, 0.2) is 40.9 Å². The van der Waals surface area contributed by atoms with Crippen molar-refractivity contribution in [1.29, 1.82) is 0 Å². The van der Waals surface area contributed by atoms with Crippen LogP contribution in [0.1, 0.15) is 51.5 Å². The number of esters is 1. The molecule has 0 spiro atoms. The predicted molar refractivity (Wildman–Crippen MR) is 116 cm³/mol. The molecule has 0 bridgehead atoms. The quantitative estimate of drug-likeness (QED) is 0.219. The first kappa shape index (κ1) is 24.4. The van der Waals surface area contributed by atoms with Gasteiger partial charge in [0.2, 0.25) is 0 Å². The van der Waals surface area contributed by atoms with Crippen LogP contribution >= 0.6 is 0 Å². The number of amides is 2. The Balaban J connectivity index is 2.39. The molecule has 168 valence electrons. The van der Waals surface area contributed by atoms with Gasteiger partial charge >= 0.3 is 17.8 Å². The van der Waals surface area contributed by atoms with Gasteiger partial charge in [0.05, 0.1) is 12.7 Å². The molecule has 0 fully saturated rings. The Labute approximate surface area is 182 Å². The Morgan fingerprint density at radius 3 is 2.42 bits per heavy atom. The van der Waals surface area contributed by atoms with Gasteiger partial charge in [-0.2, -0.15) is 10.1 Å². The zero-order valence-corrected chi connectivity index (χ0v) is 18.5. The van der Waals surface area contributed by atoms with Gasteiger partial charge in [-0.1, -0.05) is 57.0 Å². The number of nitrogens with zero attached hydrogens (tertiary/aromatic N) is 2. The maximum absolute atomic E-state index is 13.2. The average Bonchev–Trinajstić information content (AvgIpc) is 3.06. The maximum Gasteiger partial charge on any atom is 0.343 e. The van der Waals surface area contributed by atoms with Gasteiger partial charge in [0, 0.05) is 7.11 Å². The Hall–Kier alpha value is -2.84. The third-order valence-electron chi connectivity index (χ3n) is 4.94.